The molecule has 5 nitrogen and oxygen atoms in total. The quantitative estimate of drug-likeness (QED) is 0.629. The third kappa shape index (κ3) is 2.95. The molecular weight excluding hydrogens is 300 g/mol. The Bertz CT molecular complexity index is 858. The number of aryl methyl sites for hydroxylation is 4. The smallest absolute Gasteiger partial charge is 0.370 e. The Morgan fingerprint density at radius 2 is 1.59 bits per heavy atom. The third-order valence-corrected chi connectivity index (χ3v) is 4.90. The molecule has 0 spiro atoms. The van der Waals surface area contributed by atoms with Gasteiger partial charge in [0.25, 0.3) is 0 Å². The first-order valence-corrected chi connectivity index (χ1v) is 8.14. The molecule has 0 fully saturated rings. The lowest BCUT2D eigenvalue weighted by Crippen LogP contribution is -2.13. The highest BCUT2D eigenvalue weighted by Crippen LogP contribution is 2.34. The molecular formula is C16H17N2O3S+. The van der Waals surface area contributed by atoms with E-state index in [-0.39, 0.29) is 16.3 Å². The molecule has 0 aliphatic rings. The molecule has 2 aromatic rings. The summed E-state index contributed by atoms with van der Waals surface area (Å²) in [6.45, 7) is 7.06. The standard InChI is InChI=1S/C16H17N2O3S/c1-10-8-12(3)16(13(4)9-10)22(19,20)21-14-7-5-6-11(2)15(14)18-17/h5-9H,1-4H3/q+1. The second kappa shape index (κ2) is 5.78. The fraction of sp³-hybridized carbons (Fsp3) is 0.250. The first-order chi connectivity index (χ1) is 10.3. The number of diazo groups is 1. The van der Waals surface area contributed by atoms with Gasteiger partial charge in [-0.2, -0.15) is 8.42 Å². The summed E-state index contributed by atoms with van der Waals surface area (Å²) in [5.74, 6) is 0.00174. The number of hydrogen-bond acceptors (Lipinski definition) is 4. The summed E-state index contributed by atoms with van der Waals surface area (Å²) < 4.78 is 30.4. The largest absolute Gasteiger partial charge is 0.430 e. The molecule has 0 heterocycles. The Hall–Kier alpha value is -2.39. The van der Waals surface area contributed by atoms with Crippen molar-refractivity contribution in [3.05, 3.63) is 57.6 Å². The fourth-order valence-electron chi connectivity index (χ4n) is 2.55. The molecule has 0 saturated heterocycles. The van der Waals surface area contributed by atoms with Crippen molar-refractivity contribution in [3.63, 3.8) is 0 Å². The first kappa shape index (κ1) is 16.0. The molecule has 0 bridgehead atoms. The van der Waals surface area contributed by atoms with Crippen LogP contribution in [0.3, 0.4) is 0 Å². The summed E-state index contributed by atoms with van der Waals surface area (Å²) >= 11 is 0. The van der Waals surface area contributed by atoms with Gasteiger partial charge in [-0.25, -0.2) is 0 Å². The van der Waals surface area contributed by atoms with Crippen LogP contribution in [0.25, 0.3) is 4.98 Å². The molecule has 22 heavy (non-hydrogen) atoms. The molecule has 0 aromatic heterocycles. The van der Waals surface area contributed by atoms with Crippen LogP contribution in [0.4, 0.5) is 5.69 Å². The van der Waals surface area contributed by atoms with Crippen LogP contribution < -0.4 is 4.18 Å². The number of hydrogen-bond donors (Lipinski definition) is 0. The molecule has 2 aromatic carbocycles. The van der Waals surface area contributed by atoms with Crippen LogP contribution in [-0.2, 0) is 10.1 Å². The van der Waals surface area contributed by atoms with Crippen molar-refractivity contribution >= 4 is 15.8 Å². The lowest BCUT2D eigenvalue weighted by Gasteiger charge is -2.12. The zero-order valence-electron chi connectivity index (χ0n) is 12.9. The van der Waals surface area contributed by atoms with Crippen LogP contribution >= 0.6 is 0 Å². The van der Waals surface area contributed by atoms with Gasteiger partial charge < -0.3 is 4.18 Å². The van der Waals surface area contributed by atoms with Crippen molar-refractivity contribution in [2.75, 3.05) is 0 Å². The minimum absolute atomic E-state index is 0.00174. The highest BCUT2D eigenvalue weighted by atomic mass is 32.2. The molecule has 2 rings (SSSR count). The second-order valence-electron chi connectivity index (χ2n) is 5.29. The van der Waals surface area contributed by atoms with Crippen molar-refractivity contribution in [3.8, 4) is 5.75 Å². The highest BCUT2D eigenvalue weighted by Gasteiger charge is 2.27. The van der Waals surface area contributed by atoms with Crippen molar-refractivity contribution in [1.82, 2.24) is 0 Å². The van der Waals surface area contributed by atoms with E-state index in [0.29, 0.717) is 16.7 Å². The van der Waals surface area contributed by atoms with Crippen molar-refractivity contribution in [2.24, 2.45) is 0 Å². The summed E-state index contributed by atoms with van der Waals surface area (Å²) in [4.78, 5) is 3.26. The van der Waals surface area contributed by atoms with E-state index in [1.807, 2.05) is 6.92 Å². The second-order valence-corrected chi connectivity index (χ2v) is 6.77. The van der Waals surface area contributed by atoms with E-state index in [4.69, 9.17) is 9.58 Å². The lowest BCUT2D eigenvalue weighted by molar-refractivity contribution is 0.486. The first-order valence-electron chi connectivity index (χ1n) is 6.73. The van der Waals surface area contributed by atoms with E-state index in [2.05, 4.69) is 4.98 Å². The summed E-state index contributed by atoms with van der Waals surface area (Å²) in [6.07, 6.45) is 0. The van der Waals surface area contributed by atoms with Crippen LogP contribution in [0.1, 0.15) is 22.3 Å². The van der Waals surface area contributed by atoms with Gasteiger partial charge in [-0.05, 0) is 44.9 Å². The van der Waals surface area contributed by atoms with E-state index in [1.165, 1.54) is 6.07 Å². The average molecular weight is 317 g/mol. The topological polar surface area (TPSA) is 71.5 Å². The zero-order chi connectivity index (χ0) is 16.5. The van der Waals surface area contributed by atoms with Gasteiger partial charge in [0, 0.05) is 5.56 Å². The molecule has 0 unspecified atom stereocenters. The molecule has 0 atom stereocenters. The van der Waals surface area contributed by atoms with E-state index in [9.17, 15) is 8.42 Å². The van der Waals surface area contributed by atoms with Crippen LogP contribution in [0, 0.1) is 33.1 Å². The maximum absolute atomic E-state index is 12.6. The van der Waals surface area contributed by atoms with E-state index in [0.717, 1.165) is 5.56 Å². The molecule has 0 aliphatic heterocycles. The Labute approximate surface area is 130 Å². The maximum atomic E-state index is 12.6. The molecule has 0 N–H and O–H groups in total. The predicted octanol–water partition coefficient (Wildman–Crippen LogP) is 4.17. The monoisotopic (exact) mass is 317 g/mol. The van der Waals surface area contributed by atoms with Crippen LogP contribution in [0.15, 0.2) is 35.2 Å². The van der Waals surface area contributed by atoms with Gasteiger partial charge in [0.15, 0.2) is 4.98 Å². The zero-order valence-corrected chi connectivity index (χ0v) is 13.7. The Balaban J connectivity index is 2.55. The number of rotatable bonds is 3. The lowest BCUT2D eigenvalue weighted by atomic mass is 10.1. The maximum Gasteiger partial charge on any atom is 0.430 e. The molecule has 6 heteroatoms. The Morgan fingerprint density at radius 1 is 1.00 bits per heavy atom. The summed E-state index contributed by atoms with van der Waals surface area (Å²) in [5, 5.41) is 9.06. The van der Waals surface area contributed by atoms with Gasteiger partial charge in [0.05, 0.1) is 0 Å². The van der Waals surface area contributed by atoms with Crippen molar-refractivity contribution in [2.45, 2.75) is 32.6 Å². The molecule has 114 valence electrons. The van der Waals surface area contributed by atoms with Crippen LogP contribution in [-0.4, -0.2) is 8.42 Å². The normalized spacial score (nSPS) is 11.0. The molecule has 0 amide bonds. The van der Waals surface area contributed by atoms with E-state index >= 15 is 0 Å². The molecule has 0 radical (unpaired) electrons. The summed E-state index contributed by atoms with van der Waals surface area (Å²) in [7, 11) is -4.01. The Kier molecular flexibility index (Phi) is 4.20. The van der Waals surface area contributed by atoms with Crippen LogP contribution in [0.2, 0.25) is 0 Å². The van der Waals surface area contributed by atoms with Crippen molar-refractivity contribution < 1.29 is 12.6 Å². The summed E-state index contributed by atoms with van der Waals surface area (Å²) in [5.41, 5.74) is 2.94. The van der Waals surface area contributed by atoms with Gasteiger partial charge in [-0.1, -0.05) is 29.8 Å². The average Bonchev–Trinajstić information content (AvgIpc) is 2.36. The molecule has 0 aliphatic carbocycles. The van der Waals surface area contributed by atoms with Gasteiger partial charge in [0.1, 0.15) is 4.90 Å². The highest BCUT2D eigenvalue weighted by molar-refractivity contribution is 7.87. The van der Waals surface area contributed by atoms with Gasteiger partial charge >= 0.3 is 15.8 Å². The third-order valence-electron chi connectivity index (χ3n) is 3.35. The Morgan fingerprint density at radius 3 is 2.14 bits per heavy atom. The number of nitrogens with zero attached hydrogens (tertiary/aromatic N) is 2. The van der Waals surface area contributed by atoms with E-state index in [1.54, 1.807) is 45.0 Å². The molecule has 0 saturated carbocycles. The minimum atomic E-state index is -4.01. The predicted molar refractivity (Wildman–Crippen MR) is 84.4 cm³/mol. The van der Waals surface area contributed by atoms with Gasteiger partial charge in [-0.15, -0.1) is 0 Å². The SMILES string of the molecule is Cc1cc(C)c(S(=O)(=O)Oc2cccc(C)c2[N+]#N)c(C)c1. The van der Waals surface area contributed by atoms with Crippen LogP contribution in [0.5, 0.6) is 5.75 Å². The van der Waals surface area contributed by atoms with Gasteiger partial charge in [0.2, 0.25) is 11.1 Å². The van der Waals surface area contributed by atoms with Gasteiger partial charge in [-0.3, -0.25) is 0 Å². The van der Waals surface area contributed by atoms with Crippen molar-refractivity contribution in [1.29, 1.82) is 5.39 Å². The minimum Gasteiger partial charge on any atom is -0.370 e. The number of benzene rings is 2. The summed E-state index contributed by atoms with van der Waals surface area (Å²) in [6, 6.07) is 8.38. The van der Waals surface area contributed by atoms with E-state index < -0.39 is 10.1 Å². The fourth-order valence-corrected chi connectivity index (χ4v) is 3.91.